The van der Waals surface area contributed by atoms with Gasteiger partial charge in [0.15, 0.2) is 0 Å². The molecule has 2 aliphatic heterocycles. The van der Waals surface area contributed by atoms with E-state index >= 15 is 0 Å². The molecule has 3 amide bonds. The molecular weight excluding hydrogens is 564 g/mol. The summed E-state index contributed by atoms with van der Waals surface area (Å²) in [4.78, 5) is 51.3. The molecule has 3 aliphatic rings. The molecule has 8 nitrogen and oxygen atoms in total. The van der Waals surface area contributed by atoms with Crippen LogP contribution in [-0.4, -0.2) is 58.3 Å². The van der Waals surface area contributed by atoms with Gasteiger partial charge < -0.3 is 15.1 Å². The quantitative estimate of drug-likeness (QED) is 0.429. The maximum Gasteiger partial charge on any atom is 0.281 e. The van der Waals surface area contributed by atoms with Crippen LogP contribution in [0, 0.1) is 12.8 Å². The Balaban J connectivity index is 1.09. The predicted molar refractivity (Wildman–Crippen MR) is 153 cm³/mol. The Labute approximate surface area is 247 Å². The average molecular weight is 594 g/mol. The molecule has 3 aromatic rings. The van der Waals surface area contributed by atoms with Crippen molar-refractivity contribution in [3.05, 3.63) is 88.0 Å². The second-order valence-electron chi connectivity index (χ2n) is 11.4. The van der Waals surface area contributed by atoms with E-state index in [9.17, 15) is 23.2 Å². The number of amides is 3. The zero-order valence-corrected chi connectivity index (χ0v) is 23.8. The fourth-order valence-corrected chi connectivity index (χ4v) is 6.67. The fourth-order valence-electron chi connectivity index (χ4n) is 6.51. The normalized spacial score (nSPS) is 20.9. The lowest BCUT2D eigenvalue weighted by Crippen LogP contribution is -2.65. The Kier molecular flexibility index (Phi) is 7.43. The van der Waals surface area contributed by atoms with Gasteiger partial charge in [0.1, 0.15) is 16.8 Å². The lowest BCUT2D eigenvalue weighted by molar-refractivity contribution is -0.128. The number of hydrogen-bond donors (Lipinski definition) is 1. The standard InChI is InChI=1S/C31H30ClF2N5O3/c1-18-5-4-12-35-25(18)29(41)38-16-31(17-38)23-6-2-3-7-24(23)39(30(31)42)15-19-8-10-21(11-9-19)37-28(40)22-13-20(32)14-36-26(22)27(33)34/h2-7,12-14,19,21,27H,8-11,15-17H2,1H3,(H,37,40). The van der Waals surface area contributed by atoms with Gasteiger partial charge in [-0.3, -0.25) is 24.4 Å². The van der Waals surface area contributed by atoms with Gasteiger partial charge in [-0.1, -0.05) is 35.9 Å². The first-order chi connectivity index (χ1) is 20.2. The van der Waals surface area contributed by atoms with Crippen LogP contribution in [-0.2, 0) is 10.2 Å². The first kappa shape index (κ1) is 28.2. The van der Waals surface area contributed by atoms with Crippen molar-refractivity contribution in [2.45, 2.75) is 50.5 Å². The van der Waals surface area contributed by atoms with Gasteiger partial charge in [-0.2, -0.15) is 0 Å². The number of halogens is 3. The smallest absolute Gasteiger partial charge is 0.281 e. The van der Waals surface area contributed by atoms with Crippen molar-refractivity contribution < 1.29 is 23.2 Å². The Morgan fingerprint density at radius 3 is 2.55 bits per heavy atom. The van der Waals surface area contributed by atoms with Crippen molar-refractivity contribution in [2.24, 2.45) is 5.92 Å². The number of hydrogen-bond acceptors (Lipinski definition) is 5. The molecule has 1 aromatic carbocycles. The van der Waals surface area contributed by atoms with E-state index in [1.54, 1.807) is 17.2 Å². The lowest BCUT2D eigenvalue weighted by Gasteiger charge is -2.46. The molecular formula is C31H30ClF2N5O3. The first-order valence-corrected chi connectivity index (χ1v) is 14.4. The van der Waals surface area contributed by atoms with E-state index < -0.39 is 23.4 Å². The van der Waals surface area contributed by atoms with Crippen molar-refractivity contribution in [2.75, 3.05) is 24.5 Å². The van der Waals surface area contributed by atoms with Gasteiger partial charge in [0.25, 0.3) is 18.2 Å². The van der Waals surface area contributed by atoms with E-state index in [4.69, 9.17) is 11.6 Å². The molecule has 0 atom stereocenters. The van der Waals surface area contributed by atoms with Gasteiger partial charge in [-0.15, -0.1) is 0 Å². The second-order valence-corrected chi connectivity index (χ2v) is 11.9. The van der Waals surface area contributed by atoms with Crippen LogP contribution >= 0.6 is 11.6 Å². The molecule has 42 heavy (non-hydrogen) atoms. The van der Waals surface area contributed by atoms with Crippen LogP contribution in [0.4, 0.5) is 14.5 Å². The number of anilines is 1. The predicted octanol–water partition coefficient (Wildman–Crippen LogP) is 5.11. The Bertz CT molecular complexity index is 1550. The minimum atomic E-state index is -2.89. The van der Waals surface area contributed by atoms with Crippen LogP contribution in [0.15, 0.2) is 54.9 Å². The van der Waals surface area contributed by atoms with Crippen molar-refractivity contribution >= 4 is 35.0 Å². The number of alkyl halides is 2. The highest BCUT2D eigenvalue weighted by Gasteiger charge is 2.59. The summed E-state index contributed by atoms with van der Waals surface area (Å²) in [6.45, 7) is 3.01. The SMILES string of the molecule is Cc1cccnc1C(=O)N1CC2(C1)C(=O)N(CC1CCC(NC(=O)c3cc(Cl)cnc3C(F)F)CC1)c1ccccc12. The van der Waals surface area contributed by atoms with Crippen molar-refractivity contribution in [1.82, 2.24) is 20.2 Å². The molecule has 1 N–H and O–H groups in total. The van der Waals surface area contributed by atoms with Crippen LogP contribution in [0.1, 0.15) is 69.8 Å². The van der Waals surface area contributed by atoms with Crippen molar-refractivity contribution in [3.63, 3.8) is 0 Å². The van der Waals surface area contributed by atoms with E-state index in [0.717, 1.165) is 35.9 Å². The number of para-hydroxylation sites is 1. The van der Waals surface area contributed by atoms with Crippen LogP contribution in [0.5, 0.6) is 0 Å². The molecule has 2 aromatic heterocycles. The van der Waals surface area contributed by atoms with Gasteiger partial charge in [0, 0.05) is 43.8 Å². The monoisotopic (exact) mass is 593 g/mol. The number of fused-ring (bicyclic) bond motifs is 2. The summed E-state index contributed by atoms with van der Waals surface area (Å²) in [5.74, 6) is -0.561. The Hall–Kier alpha value is -3.92. The third kappa shape index (κ3) is 4.91. The maximum absolute atomic E-state index is 13.9. The zero-order chi connectivity index (χ0) is 29.6. The number of pyridine rings is 2. The molecule has 0 unspecified atom stereocenters. The number of rotatable bonds is 6. The number of nitrogens with one attached hydrogen (secondary N) is 1. The number of carbonyl (C=O) groups is 3. The molecule has 1 spiro atoms. The highest BCUT2D eigenvalue weighted by Crippen LogP contribution is 2.48. The third-order valence-electron chi connectivity index (χ3n) is 8.74. The zero-order valence-electron chi connectivity index (χ0n) is 23.0. The highest BCUT2D eigenvalue weighted by atomic mass is 35.5. The lowest BCUT2D eigenvalue weighted by atomic mass is 9.74. The van der Waals surface area contributed by atoms with Crippen LogP contribution < -0.4 is 10.2 Å². The summed E-state index contributed by atoms with van der Waals surface area (Å²) in [6, 6.07) is 12.5. The second kappa shape index (κ2) is 11.1. The molecule has 11 heteroatoms. The Morgan fingerprint density at radius 2 is 1.83 bits per heavy atom. The van der Waals surface area contributed by atoms with Crippen molar-refractivity contribution in [1.29, 1.82) is 0 Å². The van der Waals surface area contributed by atoms with Crippen LogP contribution in [0.3, 0.4) is 0 Å². The minimum absolute atomic E-state index is 0.00824. The average Bonchev–Trinajstić information content (AvgIpc) is 3.20. The van der Waals surface area contributed by atoms with E-state index in [1.165, 1.54) is 6.07 Å². The molecule has 218 valence electrons. The van der Waals surface area contributed by atoms with Gasteiger partial charge in [-0.25, -0.2) is 8.78 Å². The van der Waals surface area contributed by atoms with Gasteiger partial charge in [0.2, 0.25) is 5.91 Å². The summed E-state index contributed by atoms with van der Waals surface area (Å²) < 4.78 is 26.8. The molecule has 1 saturated heterocycles. The van der Waals surface area contributed by atoms with Gasteiger partial charge in [0.05, 0.1) is 10.6 Å². The molecule has 0 bridgehead atoms. The van der Waals surface area contributed by atoms with Gasteiger partial charge in [-0.05, 0) is 67.9 Å². The first-order valence-electron chi connectivity index (χ1n) is 14.0. The number of carbonyl (C=O) groups excluding carboxylic acids is 3. The molecule has 6 rings (SSSR count). The molecule has 0 radical (unpaired) electrons. The van der Waals surface area contributed by atoms with E-state index in [-0.39, 0.29) is 34.4 Å². The third-order valence-corrected chi connectivity index (χ3v) is 8.95. The number of benzene rings is 1. The summed E-state index contributed by atoms with van der Waals surface area (Å²) in [7, 11) is 0. The summed E-state index contributed by atoms with van der Waals surface area (Å²) in [6.07, 6.45) is 2.68. The summed E-state index contributed by atoms with van der Waals surface area (Å²) in [5.41, 5.74) is 1.48. The number of aryl methyl sites for hydroxylation is 1. The fraction of sp³-hybridized carbons (Fsp3) is 0.387. The molecule has 1 aliphatic carbocycles. The molecule has 2 fully saturated rings. The number of likely N-dealkylation sites (tertiary alicyclic amines) is 1. The minimum Gasteiger partial charge on any atom is -0.349 e. The van der Waals surface area contributed by atoms with E-state index in [2.05, 4.69) is 15.3 Å². The maximum atomic E-state index is 13.9. The van der Waals surface area contributed by atoms with Crippen molar-refractivity contribution in [3.8, 4) is 0 Å². The molecule has 4 heterocycles. The molecule has 1 saturated carbocycles. The Morgan fingerprint density at radius 1 is 1.10 bits per heavy atom. The summed E-state index contributed by atoms with van der Waals surface area (Å²) in [5, 5.41) is 2.98. The summed E-state index contributed by atoms with van der Waals surface area (Å²) >= 11 is 5.91. The largest absolute Gasteiger partial charge is 0.349 e. The van der Waals surface area contributed by atoms with Crippen LogP contribution in [0.25, 0.3) is 0 Å². The topological polar surface area (TPSA) is 95.5 Å². The number of nitrogens with zero attached hydrogens (tertiary/aromatic N) is 4. The van der Waals surface area contributed by atoms with E-state index in [0.29, 0.717) is 38.2 Å². The van der Waals surface area contributed by atoms with Gasteiger partial charge >= 0.3 is 0 Å². The number of aromatic nitrogens is 2. The van der Waals surface area contributed by atoms with Crippen LogP contribution in [0.2, 0.25) is 5.02 Å². The highest BCUT2D eigenvalue weighted by molar-refractivity contribution is 6.30. The van der Waals surface area contributed by atoms with E-state index in [1.807, 2.05) is 42.2 Å².